The lowest BCUT2D eigenvalue weighted by atomic mass is 10.1. The zero-order valence-electron chi connectivity index (χ0n) is 19.4. The van der Waals surface area contributed by atoms with E-state index in [0.717, 1.165) is 12.7 Å². The monoisotopic (exact) mass is 485 g/mol. The Morgan fingerprint density at radius 2 is 1.94 bits per heavy atom. The van der Waals surface area contributed by atoms with E-state index < -0.39 is 17.5 Å². The average molecular weight is 486 g/mol. The Morgan fingerprint density at radius 3 is 2.69 bits per heavy atom. The summed E-state index contributed by atoms with van der Waals surface area (Å²) in [6, 6.07) is 7.60. The summed E-state index contributed by atoms with van der Waals surface area (Å²) >= 11 is 0. The van der Waals surface area contributed by atoms with E-state index in [-0.39, 0.29) is 35.1 Å². The number of halogens is 3. The van der Waals surface area contributed by atoms with Crippen LogP contribution >= 0.6 is 0 Å². The maximum Gasteiger partial charge on any atom is 0.227 e. The third kappa shape index (κ3) is 4.76. The van der Waals surface area contributed by atoms with E-state index in [9.17, 15) is 13.2 Å². The van der Waals surface area contributed by atoms with Crippen molar-refractivity contribution < 1.29 is 22.6 Å². The summed E-state index contributed by atoms with van der Waals surface area (Å²) in [4.78, 5) is 10.2. The maximum absolute atomic E-state index is 14.9. The molecule has 2 aromatic carbocycles. The van der Waals surface area contributed by atoms with Gasteiger partial charge < -0.3 is 25.0 Å². The van der Waals surface area contributed by atoms with E-state index in [1.54, 1.807) is 18.2 Å². The quantitative estimate of drug-likeness (QED) is 0.549. The number of morpholine rings is 1. The highest BCUT2D eigenvalue weighted by molar-refractivity contribution is 5.73. The molecule has 0 amide bonds. The molecule has 1 atom stereocenters. The van der Waals surface area contributed by atoms with Gasteiger partial charge in [0, 0.05) is 35.9 Å². The lowest BCUT2D eigenvalue weighted by Crippen LogP contribution is -2.38. The third-order valence-electron chi connectivity index (χ3n) is 6.08. The van der Waals surface area contributed by atoms with Gasteiger partial charge in [0.25, 0.3) is 0 Å². The van der Waals surface area contributed by atoms with Gasteiger partial charge in [0.15, 0.2) is 17.4 Å². The first-order valence-corrected chi connectivity index (χ1v) is 11.6. The van der Waals surface area contributed by atoms with Crippen LogP contribution in [0.2, 0.25) is 0 Å². The molecule has 1 unspecified atom stereocenters. The molecular weight excluding hydrogens is 459 g/mol. The molecule has 0 aliphatic carbocycles. The van der Waals surface area contributed by atoms with Crippen LogP contribution in [0.4, 0.5) is 30.5 Å². The van der Waals surface area contributed by atoms with E-state index in [1.165, 1.54) is 12.1 Å². The fraction of sp³-hybridized carbons (Fsp3) is 0.360. The maximum atomic E-state index is 14.9. The molecular formula is C25H26F3N5O2. The van der Waals surface area contributed by atoms with E-state index >= 15 is 0 Å². The zero-order valence-corrected chi connectivity index (χ0v) is 19.4. The van der Waals surface area contributed by atoms with Crippen molar-refractivity contribution in [2.45, 2.75) is 26.0 Å². The second kappa shape index (κ2) is 9.71. The summed E-state index contributed by atoms with van der Waals surface area (Å²) in [5, 5.41) is 6.08. The fourth-order valence-electron chi connectivity index (χ4n) is 4.36. The molecule has 10 heteroatoms. The molecule has 184 valence electrons. The molecule has 0 saturated carbocycles. The normalized spacial score (nSPS) is 17.8. The Balaban J connectivity index is 1.43. The predicted molar refractivity (Wildman–Crippen MR) is 127 cm³/mol. The molecule has 2 aliphatic rings. The second-order valence-electron chi connectivity index (χ2n) is 8.76. The Morgan fingerprint density at radius 1 is 1.09 bits per heavy atom. The van der Waals surface area contributed by atoms with Gasteiger partial charge in [0.1, 0.15) is 18.1 Å². The SMILES string of the molecule is CC(C)N1CCOc2c(F)cc(-c3nc(Nc4ccc(C5CNCCO5)c(F)c4)ncc3F)cc21. The van der Waals surface area contributed by atoms with Gasteiger partial charge in [-0.2, -0.15) is 0 Å². The number of anilines is 3. The summed E-state index contributed by atoms with van der Waals surface area (Å²) in [6.45, 7) is 6.73. The van der Waals surface area contributed by atoms with Crippen LogP contribution in [-0.2, 0) is 4.74 Å². The molecule has 0 spiro atoms. The van der Waals surface area contributed by atoms with Gasteiger partial charge in [0.2, 0.25) is 5.95 Å². The van der Waals surface area contributed by atoms with Crippen LogP contribution in [0, 0.1) is 17.5 Å². The van der Waals surface area contributed by atoms with Crippen molar-refractivity contribution in [1.29, 1.82) is 0 Å². The number of rotatable bonds is 5. The Kier molecular flexibility index (Phi) is 6.48. The lowest BCUT2D eigenvalue weighted by Gasteiger charge is -2.34. The second-order valence-corrected chi connectivity index (χ2v) is 8.76. The largest absolute Gasteiger partial charge is 0.486 e. The topological polar surface area (TPSA) is 71.5 Å². The molecule has 7 nitrogen and oxygen atoms in total. The first-order chi connectivity index (χ1) is 16.9. The van der Waals surface area contributed by atoms with Crippen molar-refractivity contribution in [2.24, 2.45) is 0 Å². The lowest BCUT2D eigenvalue weighted by molar-refractivity contribution is 0.0255. The van der Waals surface area contributed by atoms with E-state index in [1.807, 2.05) is 18.7 Å². The summed E-state index contributed by atoms with van der Waals surface area (Å²) < 4.78 is 55.5. The molecule has 3 aromatic rings. The Hall–Kier alpha value is -3.37. The van der Waals surface area contributed by atoms with Crippen LogP contribution in [-0.4, -0.2) is 48.9 Å². The van der Waals surface area contributed by atoms with Gasteiger partial charge in [-0.25, -0.2) is 23.1 Å². The summed E-state index contributed by atoms with van der Waals surface area (Å²) in [7, 11) is 0. The van der Waals surface area contributed by atoms with Crippen molar-refractivity contribution >= 4 is 17.3 Å². The van der Waals surface area contributed by atoms with Crippen LogP contribution in [0.3, 0.4) is 0 Å². The van der Waals surface area contributed by atoms with Gasteiger partial charge in [-0.15, -0.1) is 0 Å². The predicted octanol–water partition coefficient (Wildman–Crippen LogP) is 4.57. The molecule has 1 fully saturated rings. The minimum absolute atomic E-state index is 0.0548. The highest BCUT2D eigenvalue weighted by Crippen LogP contribution is 2.39. The average Bonchev–Trinajstić information content (AvgIpc) is 2.85. The van der Waals surface area contributed by atoms with Crippen LogP contribution in [0.5, 0.6) is 5.75 Å². The summed E-state index contributed by atoms with van der Waals surface area (Å²) in [5.41, 5.74) is 1.57. The van der Waals surface area contributed by atoms with Crippen LogP contribution in [0.1, 0.15) is 25.5 Å². The molecule has 35 heavy (non-hydrogen) atoms. The van der Waals surface area contributed by atoms with Crippen molar-refractivity contribution in [3.63, 3.8) is 0 Å². The van der Waals surface area contributed by atoms with Gasteiger partial charge >= 0.3 is 0 Å². The minimum Gasteiger partial charge on any atom is -0.486 e. The molecule has 0 bridgehead atoms. The number of nitrogens with one attached hydrogen (secondary N) is 2. The van der Waals surface area contributed by atoms with Crippen LogP contribution in [0.15, 0.2) is 36.5 Å². The highest BCUT2D eigenvalue weighted by Gasteiger charge is 2.26. The number of hydrogen-bond acceptors (Lipinski definition) is 7. The van der Waals surface area contributed by atoms with E-state index in [2.05, 4.69) is 20.6 Å². The van der Waals surface area contributed by atoms with Crippen molar-refractivity contribution in [1.82, 2.24) is 15.3 Å². The number of aromatic nitrogens is 2. The summed E-state index contributed by atoms with van der Waals surface area (Å²) in [5.74, 6) is -1.52. The molecule has 2 N–H and O–H groups in total. The fourth-order valence-corrected chi connectivity index (χ4v) is 4.36. The van der Waals surface area contributed by atoms with Crippen molar-refractivity contribution in [2.75, 3.05) is 43.1 Å². The zero-order chi connectivity index (χ0) is 24.5. The Labute approximate surface area is 201 Å². The standard InChI is InChI=1S/C25H26F3N5O2/c1-14(2)33-6-8-35-24-19(27)9-15(10-21(24)33)23-20(28)12-30-25(32-23)31-16-3-4-17(18(26)11-16)22-13-29-5-7-34-22/h3-4,9-12,14,22,29H,5-8,13H2,1-2H3,(H,30,31,32). The van der Waals surface area contributed by atoms with Gasteiger partial charge in [-0.3, -0.25) is 0 Å². The minimum atomic E-state index is -0.703. The van der Waals surface area contributed by atoms with Crippen LogP contribution in [0.25, 0.3) is 11.3 Å². The molecule has 5 rings (SSSR count). The molecule has 3 heterocycles. The number of nitrogens with zero attached hydrogens (tertiary/aromatic N) is 3. The molecule has 1 saturated heterocycles. The smallest absolute Gasteiger partial charge is 0.227 e. The number of ether oxygens (including phenoxy) is 2. The van der Waals surface area contributed by atoms with Gasteiger partial charge in [-0.05, 0) is 38.1 Å². The highest BCUT2D eigenvalue weighted by atomic mass is 19.1. The first-order valence-electron chi connectivity index (χ1n) is 11.6. The number of benzene rings is 2. The van der Waals surface area contributed by atoms with Crippen molar-refractivity contribution in [3.05, 3.63) is 59.5 Å². The van der Waals surface area contributed by atoms with E-state index in [4.69, 9.17) is 9.47 Å². The third-order valence-corrected chi connectivity index (χ3v) is 6.08. The number of hydrogen-bond donors (Lipinski definition) is 2. The van der Waals surface area contributed by atoms with Gasteiger partial charge in [-0.1, -0.05) is 6.07 Å². The molecule has 2 aliphatic heterocycles. The molecule has 0 radical (unpaired) electrons. The first kappa shape index (κ1) is 23.4. The number of fused-ring (bicyclic) bond motifs is 1. The van der Waals surface area contributed by atoms with Crippen molar-refractivity contribution in [3.8, 4) is 17.0 Å². The van der Waals surface area contributed by atoms with E-state index in [0.29, 0.717) is 43.2 Å². The Bertz CT molecular complexity index is 1230. The van der Waals surface area contributed by atoms with Crippen LogP contribution < -0.4 is 20.3 Å². The van der Waals surface area contributed by atoms with Gasteiger partial charge in [0.05, 0.1) is 31.1 Å². The summed E-state index contributed by atoms with van der Waals surface area (Å²) in [6.07, 6.45) is 0.644. The molecule has 1 aromatic heterocycles.